The highest BCUT2D eigenvalue weighted by molar-refractivity contribution is 7.98. The molecule has 0 amide bonds. The molecule has 0 aromatic rings. The summed E-state index contributed by atoms with van der Waals surface area (Å²) < 4.78 is 0. The molecule has 78 valence electrons. The smallest absolute Gasteiger partial charge is 0.320 e. The first kappa shape index (κ1) is 13.0. The van der Waals surface area contributed by atoms with Gasteiger partial charge in [0.2, 0.25) is 0 Å². The van der Waals surface area contributed by atoms with E-state index in [1.807, 2.05) is 25.9 Å². The Labute approximate surface area is 85.1 Å². The molecule has 0 spiro atoms. The van der Waals surface area contributed by atoms with Crippen molar-refractivity contribution < 1.29 is 9.90 Å². The van der Waals surface area contributed by atoms with Crippen LogP contribution in [0.2, 0.25) is 19.6 Å². The van der Waals surface area contributed by atoms with Crippen LogP contribution in [0, 0.1) is 0 Å². The lowest BCUT2D eigenvalue weighted by molar-refractivity contribution is -0.140. The second kappa shape index (κ2) is 4.48. The molecule has 0 heterocycles. The minimum atomic E-state index is -1.85. The van der Waals surface area contributed by atoms with E-state index in [9.17, 15) is 4.79 Å². The van der Waals surface area contributed by atoms with Crippen LogP contribution >= 0.6 is 11.8 Å². The molecule has 0 rings (SSSR count). The number of hydrogen-bond acceptors (Lipinski definition) is 3. The Balaban J connectivity index is 4.64. The fourth-order valence-electron chi connectivity index (χ4n) is 1.07. The number of hydrogen-bond donors (Lipinski definition) is 2. The van der Waals surface area contributed by atoms with Crippen molar-refractivity contribution in [2.75, 3.05) is 12.0 Å². The Morgan fingerprint density at radius 2 is 2.00 bits per heavy atom. The quantitative estimate of drug-likeness (QED) is 0.689. The van der Waals surface area contributed by atoms with E-state index in [0.29, 0.717) is 6.42 Å². The zero-order valence-corrected chi connectivity index (χ0v) is 10.6. The lowest BCUT2D eigenvalue weighted by atomic mass is 10.2. The fraction of sp³-hybridized carbons (Fsp3) is 0.875. The van der Waals surface area contributed by atoms with Crippen molar-refractivity contribution in [3.63, 3.8) is 0 Å². The first-order valence-corrected chi connectivity index (χ1v) is 9.16. The van der Waals surface area contributed by atoms with Gasteiger partial charge in [0.05, 0.1) is 8.07 Å². The number of carboxylic acid groups (broad SMARTS) is 1. The van der Waals surface area contributed by atoms with Crippen molar-refractivity contribution in [3.05, 3.63) is 0 Å². The second-order valence-corrected chi connectivity index (χ2v) is 10.6. The number of thioether (sulfide) groups is 1. The summed E-state index contributed by atoms with van der Waals surface area (Å²) in [6.07, 6.45) is 2.53. The number of rotatable bonds is 5. The number of nitrogens with two attached hydrogens (primary N) is 1. The average molecular weight is 221 g/mol. The Kier molecular flexibility index (Phi) is 4.48. The topological polar surface area (TPSA) is 63.3 Å². The van der Waals surface area contributed by atoms with E-state index >= 15 is 0 Å². The summed E-state index contributed by atoms with van der Waals surface area (Å²) in [4.78, 5) is 11.1. The van der Waals surface area contributed by atoms with Crippen molar-refractivity contribution >= 4 is 25.8 Å². The highest BCUT2D eigenvalue weighted by Crippen LogP contribution is 2.23. The molecule has 0 aromatic heterocycles. The Morgan fingerprint density at radius 3 is 2.23 bits per heavy atom. The molecular formula is C8H19NO2SSi. The predicted octanol–water partition coefficient (Wildman–Crippen LogP) is 1.40. The standard InChI is InChI=1S/C8H19NO2SSi/c1-12-6-5-8(9,7(10)11)13(2,3)4/h5-6,9H2,1-4H3,(H,10,11)/t8-/m1/s1. The molecule has 0 aliphatic rings. The lowest BCUT2D eigenvalue weighted by Gasteiger charge is -2.36. The monoisotopic (exact) mass is 221 g/mol. The van der Waals surface area contributed by atoms with Gasteiger partial charge in [0.25, 0.3) is 0 Å². The van der Waals surface area contributed by atoms with E-state index < -0.39 is 19.2 Å². The molecule has 1 atom stereocenters. The molecule has 0 aliphatic carbocycles. The summed E-state index contributed by atoms with van der Waals surface area (Å²) in [5.74, 6) is -0.0340. The Hall–Kier alpha value is -0.00312. The molecule has 0 unspecified atom stereocenters. The van der Waals surface area contributed by atoms with Crippen LogP contribution in [0.4, 0.5) is 0 Å². The number of aliphatic carboxylic acids is 1. The maximum Gasteiger partial charge on any atom is 0.320 e. The van der Waals surface area contributed by atoms with E-state index in [1.165, 1.54) is 0 Å². The molecule has 0 fully saturated rings. The summed E-state index contributed by atoms with van der Waals surface area (Å²) in [5.41, 5.74) is 5.95. The van der Waals surface area contributed by atoms with E-state index in [-0.39, 0.29) is 0 Å². The van der Waals surface area contributed by atoms with Crippen LogP contribution in [0.25, 0.3) is 0 Å². The van der Waals surface area contributed by atoms with Gasteiger partial charge in [0, 0.05) is 0 Å². The van der Waals surface area contributed by atoms with Gasteiger partial charge in [0.15, 0.2) is 0 Å². The molecule has 0 saturated heterocycles. The van der Waals surface area contributed by atoms with Crippen LogP contribution in [-0.4, -0.2) is 36.3 Å². The Morgan fingerprint density at radius 1 is 1.54 bits per heavy atom. The van der Waals surface area contributed by atoms with Crippen LogP contribution in [0.5, 0.6) is 0 Å². The van der Waals surface area contributed by atoms with E-state index in [1.54, 1.807) is 11.8 Å². The maximum atomic E-state index is 11.1. The van der Waals surface area contributed by atoms with Gasteiger partial charge in [0.1, 0.15) is 5.16 Å². The molecule has 0 saturated carbocycles. The van der Waals surface area contributed by atoms with E-state index in [4.69, 9.17) is 10.8 Å². The third kappa shape index (κ3) is 3.00. The molecule has 3 N–H and O–H groups in total. The maximum absolute atomic E-state index is 11.1. The summed E-state index contributed by atoms with van der Waals surface area (Å²) in [6, 6.07) is 0. The van der Waals surface area contributed by atoms with Gasteiger partial charge in [-0.15, -0.1) is 0 Å². The first-order chi connectivity index (χ1) is 5.75. The molecular weight excluding hydrogens is 202 g/mol. The van der Waals surface area contributed by atoms with Gasteiger partial charge in [-0.25, -0.2) is 0 Å². The van der Waals surface area contributed by atoms with Crippen LogP contribution in [0.3, 0.4) is 0 Å². The van der Waals surface area contributed by atoms with Crippen molar-refractivity contribution in [2.45, 2.75) is 31.2 Å². The summed E-state index contributed by atoms with van der Waals surface area (Å²) in [6.45, 7) is 6.00. The van der Waals surface area contributed by atoms with Gasteiger partial charge >= 0.3 is 5.97 Å². The van der Waals surface area contributed by atoms with Crippen molar-refractivity contribution in [1.82, 2.24) is 0 Å². The third-order valence-corrected chi connectivity index (χ3v) is 6.17. The van der Waals surface area contributed by atoms with E-state index in [0.717, 1.165) is 5.75 Å². The summed E-state index contributed by atoms with van der Waals surface area (Å²) in [7, 11) is -1.85. The lowest BCUT2D eigenvalue weighted by Crippen LogP contribution is -2.65. The molecule has 0 radical (unpaired) electrons. The molecule has 0 aliphatic heterocycles. The zero-order chi connectivity index (χ0) is 10.7. The second-order valence-electron chi connectivity index (χ2n) is 4.27. The van der Waals surface area contributed by atoms with Crippen LogP contribution in [-0.2, 0) is 4.79 Å². The molecule has 5 heteroatoms. The molecule has 3 nitrogen and oxygen atoms in total. The zero-order valence-electron chi connectivity index (χ0n) is 8.76. The van der Waals surface area contributed by atoms with Gasteiger partial charge in [-0.2, -0.15) is 11.8 Å². The third-order valence-electron chi connectivity index (χ3n) is 2.42. The highest BCUT2D eigenvalue weighted by Gasteiger charge is 2.45. The van der Waals surface area contributed by atoms with Crippen molar-refractivity contribution in [1.29, 1.82) is 0 Å². The van der Waals surface area contributed by atoms with Crippen molar-refractivity contribution in [3.8, 4) is 0 Å². The van der Waals surface area contributed by atoms with Crippen molar-refractivity contribution in [2.24, 2.45) is 5.73 Å². The highest BCUT2D eigenvalue weighted by atomic mass is 32.2. The average Bonchev–Trinajstić information content (AvgIpc) is 1.97. The SMILES string of the molecule is CSCC[C@](N)(C(=O)O)[Si](C)(C)C. The Bertz CT molecular complexity index is 193. The number of carbonyl (C=O) groups is 1. The molecule has 13 heavy (non-hydrogen) atoms. The first-order valence-electron chi connectivity index (χ1n) is 4.27. The van der Waals surface area contributed by atoms with Crippen LogP contribution in [0.1, 0.15) is 6.42 Å². The van der Waals surface area contributed by atoms with Crippen LogP contribution in [0.15, 0.2) is 0 Å². The minimum Gasteiger partial charge on any atom is -0.480 e. The fourth-order valence-corrected chi connectivity index (χ4v) is 3.29. The summed E-state index contributed by atoms with van der Waals surface area (Å²) >= 11 is 1.64. The number of carboxylic acids is 1. The molecule has 0 bridgehead atoms. The van der Waals surface area contributed by atoms with Gasteiger partial charge < -0.3 is 10.8 Å². The van der Waals surface area contributed by atoms with Gasteiger partial charge in [-0.05, 0) is 18.4 Å². The van der Waals surface area contributed by atoms with Gasteiger partial charge in [-0.3, -0.25) is 4.79 Å². The largest absolute Gasteiger partial charge is 0.480 e. The van der Waals surface area contributed by atoms with Gasteiger partial charge in [-0.1, -0.05) is 19.6 Å². The normalized spacial score (nSPS) is 16.7. The van der Waals surface area contributed by atoms with Crippen LogP contribution < -0.4 is 5.73 Å². The van der Waals surface area contributed by atoms with E-state index in [2.05, 4.69) is 0 Å². The summed E-state index contributed by atoms with van der Waals surface area (Å²) in [5, 5.41) is 8.12. The molecule has 0 aromatic carbocycles. The predicted molar refractivity (Wildman–Crippen MR) is 60.9 cm³/mol. The minimum absolute atomic E-state index is 0.569.